The third kappa shape index (κ3) is 3.36. The predicted molar refractivity (Wildman–Crippen MR) is 103 cm³/mol. The van der Waals surface area contributed by atoms with Crippen molar-refractivity contribution in [3.63, 3.8) is 0 Å². The summed E-state index contributed by atoms with van der Waals surface area (Å²) in [5.41, 5.74) is 7.05. The standard InChI is InChI=1S/C21H26N2S/c1-13(2)17-8-10-18(11-9-17)20(19-7-6-12-24-19)21-16(5)22-14(3)15(4)23-21/h6-7,10,12,17,20H,1,8-9,11H2,2-5H3. The summed E-state index contributed by atoms with van der Waals surface area (Å²) >= 11 is 1.82. The smallest absolute Gasteiger partial charge is 0.0742 e. The Kier molecular flexibility index (Phi) is 5.00. The maximum Gasteiger partial charge on any atom is 0.0742 e. The molecule has 3 rings (SSSR count). The lowest BCUT2D eigenvalue weighted by Crippen LogP contribution is -2.15. The molecule has 2 heterocycles. The Morgan fingerprint density at radius 3 is 2.54 bits per heavy atom. The average Bonchev–Trinajstić information content (AvgIpc) is 3.07. The molecular weight excluding hydrogens is 312 g/mol. The second kappa shape index (κ2) is 7.02. The zero-order valence-corrected chi connectivity index (χ0v) is 15.9. The molecule has 0 saturated heterocycles. The van der Waals surface area contributed by atoms with E-state index in [2.05, 4.69) is 50.9 Å². The molecule has 0 spiro atoms. The van der Waals surface area contributed by atoms with Crippen LogP contribution < -0.4 is 0 Å². The van der Waals surface area contributed by atoms with E-state index >= 15 is 0 Å². The Hall–Kier alpha value is -1.74. The molecule has 1 aliphatic carbocycles. The van der Waals surface area contributed by atoms with E-state index < -0.39 is 0 Å². The molecule has 1 aliphatic rings. The summed E-state index contributed by atoms with van der Waals surface area (Å²) in [4.78, 5) is 11.1. The molecule has 2 aromatic heterocycles. The summed E-state index contributed by atoms with van der Waals surface area (Å²) in [7, 11) is 0. The average molecular weight is 339 g/mol. The van der Waals surface area contributed by atoms with Crippen molar-refractivity contribution in [2.24, 2.45) is 5.92 Å². The van der Waals surface area contributed by atoms with Gasteiger partial charge in [-0.3, -0.25) is 9.97 Å². The molecule has 0 saturated carbocycles. The lowest BCUT2D eigenvalue weighted by molar-refractivity contribution is 0.527. The molecule has 0 bridgehead atoms. The van der Waals surface area contributed by atoms with Crippen LogP contribution in [0.2, 0.25) is 0 Å². The van der Waals surface area contributed by atoms with Gasteiger partial charge in [0.2, 0.25) is 0 Å². The van der Waals surface area contributed by atoms with Gasteiger partial charge >= 0.3 is 0 Å². The lowest BCUT2D eigenvalue weighted by atomic mass is 9.79. The van der Waals surface area contributed by atoms with Gasteiger partial charge in [0.15, 0.2) is 0 Å². The van der Waals surface area contributed by atoms with Gasteiger partial charge in [0.05, 0.1) is 28.7 Å². The minimum absolute atomic E-state index is 0.253. The molecule has 2 aromatic rings. The maximum atomic E-state index is 4.94. The molecular formula is C21H26N2S. The van der Waals surface area contributed by atoms with Crippen LogP contribution in [0, 0.1) is 26.7 Å². The Morgan fingerprint density at radius 1 is 1.21 bits per heavy atom. The van der Waals surface area contributed by atoms with Gasteiger partial charge in [-0.2, -0.15) is 0 Å². The highest BCUT2D eigenvalue weighted by Gasteiger charge is 2.27. The van der Waals surface area contributed by atoms with Gasteiger partial charge in [0, 0.05) is 4.88 Å². The van der Waals surface area contributed by atoms with Crippen LogP contribution in [0.5, 0.6) is 0 Å². The van der Waals surface area contributed by atoms with E-state index in [1.807, 2.05) is 18.3 Å². The van der Waals surface area contributed by atoms with Crippen molar-refractivity contribution in [1.29, 1.82) is 0 Å². The molecule has 0 aliphatic heterocycles. The number of hydrogen-bond acceptors (Lipinski definition) is 3. The van der Waals surface area contributed by atoms with Gasteiger partial charge in [-0.05, 0) is 64.3 Å². The number of thiophene rings is 1. The van der Waals surface area contributed by atoms with E-state index in [1.54, 1.807) is 0 Å². The summed E-state index contributed by atoms with van der Waals surface area (Å²) in [6.45, 7) is 12.5. The minimum Gasteiger partial charge on any atom is -0.255 e. The second-order valence-electron chi connectivity index (χ2n) is 6.91. The molecule has 0 radical (unpaired) electrons. The number of allylic oxidation sites excluding steroid dienone is 3. The van der Waals surface area contributed by atoms with Gasteiger partial charge in [-0.1, -0.05) is 29.9 Å². The molecule has 2 nitrogen and oxygen atoms in total. The summed E-state index contributed by atoms with van der Waals surface area (Å²) in [5.74, 6) is 0.882. The molecule has 2 unspecified atom stereocenters. The van der Waals surface area contributed by atoms with E-state index in [1.165, 1.54) is 22.4 Å². The van der Waals surface area contributed by atoms with Crippen LogP contribution in [0.1, 0.15) is 59.8 Å². The Balaban J connectivity index is 2.03. The first-order chi connectivity index (χ1) is 11.5. The van der Waals surface area contributed by atoms with Crippen LogP contribution in [0.25, 0.3) is 0 Å². The topological polar surface area (TPSA) is 25.8 Å². The zero-order chi connectivity index (χ0) is 17.3. The first-order valence-electron chi connectivity index (χ1n) is 8.66. The Labute approximate surface area is 149 Å². The van der Waals surface area contributed by atoms with Crippen LogP contribution in [0.3, 0.4) is 0 Å². The molecule has 0 amide bonds. The highest BCUT2D eigenvalue weighted by molar-refractivity contribution is 7.10. The SMILES string of the molecule is C=C(C)C1CC=C(C(c2cccs2)c2nc(C)c(C)nc2C)CC1. The van der Waals surface area contributed by atoms with Gasteiger partial charge in [0.1, 0.15) is 0 Å². The predicted octanol–water partition coefficient (Wildman–Crippen LogP) is 5.90. The summed E-state index contributed by atoms with van der Waals surface area (Å²) < 4.78 is 0. The van der Waals surface area contributed by atoms with Gasteiger partial charge < -0.3 is 0 Å². The number of nitrogens with zero attached hydrogens (tertiary/aromatic N) is 2. The van der Waals surface area contributed by atoms with E-state index in [4.69, 9.17) is 9.97 Å². The third-order valence-electron chi connectivity index (χ3n) is 5.13. The summed E-state index contributed by atoms with van der Waals surface area (Å²) in [5, 5.41) is 2.16. The Morgan fingerprint density at radius 2 is 1.96 bits per heavy atom. The van der Waals surface area contributed by atoms with Crippen molar-refractivity contribution < 1.29 is 0 Å². The fraction of sp³-hybridized carbons (Fsp3) is 0.429. The first kappa shape index (κ1) is 17.1. The molecule has 0 fully saturated rings. The molecule has 24 heavy (non-hydrogen) atoms. The van der Waals surface area contributed by atoms with Crippen molar-refractivity contribution in [2.45, 2.75) is 52.9 Å². The van der Waals surface area contributed by atoms with Crippen LogP contribution >= 0.6 is 11.3 Å². The van der Waals surface area contributed by atoms with Crippen LogP contribution in [0.15, 0.2) is 41.3 Å². The monoisotopic (exact) mass is 338 g/mol. The number of rotatable bonds is 4. The molecule has 0 aromatic carbocycles. The molecule has 2 atom stereocenters. The first-order valence-corrected chi connectivity index (χ1v) is 9.54. The minimum atomic E-state index is 0.253. The van der Waals surface area contributed by atoms with E-state index in [9.17, 15) is 0 Å². The molecule has 126 valence electrons. The number of hydrogen-bond donors (Lipinski definition) is 0. The van der Waals surface area contributed by atoms with Crippen molar-refractivity contribution in [1.82, 2.24) is 9.97 Å². The van der Waals surface area contributed by atoms with E-state index in [-0.39, 0.29) is 5.92 Å². The van der Waals surface area contributed by atoms with E-state index in [0.29, 0.717) is 5.92 Å². The fourth-order valence-corrected chi connectivity index (χ4v) is 4.39. The quantitative estimate of drug-likeness (QED) is 0.649. The fourth-order valence-electron chi connectivity index (χ4n) is 3.52. The lowest BCUT2D eigenvalue weighted by Gasteiger charge is -2.27. The molecule has 3 heteroatoms. The maximum absolute atomic E-state index is 4.94. The van der Waals surface area contributed by atoms with Gasteiger partial charge in [-0.15, -0.1) is 11.3 Å². The van der Waals surface area contributed by atoms with Crippen LogP contribution in [0.4, 0.5) is 0 Å². The van der Waals surface area contributed by atoms with Crippen molar-refractivity contribution in [3.8, 4) is 0 Å². The largest absolute Gasteiger partial charge is 0.255 e. The van der Waals surface area contributed by atoms with Crippen molar-refractivity contribution >= 4 is 11.3 Å². The number of aromatic nitrogens is 2. The second-order valence-corrected chi connectivity index (χ2v) is 7.89. The van der Waals surface area contributed by atoms with Gasteiger partial charge in [0.25, 0.3) is 0 Å². The Bertz CT molecular complexity index is 771. The van der Waals surface area contributed by atoms with Crippen molar-refractivity contribution in [3.05, 3.63) is 69.0 Å². The van der Waals surface area contributed by atoms with Crippen LogP contribution in [-0.2, 0) is 0 Å². The third-order valence-corrected chi connectivity index (χ3v) is 6.07. The van der Waals surface area contributed by atoms with Gasteiger partial charge in [-0.25, -0.2) is 0 Å². The normalized spacial score (nSPS) is 19.0. The summed E-state index contributed by atoms with van der Waals surface area (Å²) in [6.07, 6.45) is 5.85. The molecule has 0 N–H and O–H groups in total. The van der Waals surface area contributed by atoms with Crippen LogP contribution in [-0.4, -0.2) is 9.97 Å². The highest BCUT2D eigenvalue weighted by Crippen LogP contribution is 2.41. The highest BCUT2D eigenvalue weighted by atomic mass is 32.1. The van der Waals surface area contributed by atoms with E-state index in [0.717, 1.165) is 35.6 Å². The summed E-state index contributed by atoms with van der Waals surface area (Å²) in [6, 6.07) is 4.37. The zero-order valence-electron chi connectivity index (χ0n) is 15.1. The van der Waals surface area contributed by atoms with Crippen molar-refractivity contribution in [2.75, 3.05) is 0 Å². The number of aryl methyl sites for hydroxylation is 3.